The van der Waals surface area contributed by atoms with Crippen LogP contribution in [0.1, 0.15) is 11.4 Å². The lowest BCUT2D eigenvalue weighted by atomic mass is 9.99. The summed E-state index contributed by atoms with van der Waals surface area (Å²) in [7, 11) is 10.8. The van der Waals surface area contributed by atoms with Crippen LogP contribution in [0.4, 0.5) is 0 Å². The summed E-state index contributed by atoms with van der Waals surface area (Å²) in [5, 5.41) is 1.24. The van der Waals surface area contributed by atoms with Crippen molar-refractivity contribution in [3.63, 3.8) is 0 Å². The molecule has 0 aliphatic rings. The zero-order chi connectivity index (χ0) is 13.7. The minimum atomic E-state index is 0.602. The fourth-order valence-corrected chi connectivity index (χ4v) is 1.39. The van der Waals surface area contributed by atoms with Crippen molar-refractivity contribution in [2.75, 3.05) is 0 Å². The van der Waals surface area contributed by atoms with Gasteiger partial charge in [0.25, 0.3) is 0 Å². The molecule has 0 aliphatic carbocycles. The zero-order valence-electron chi connectivity index (χ0n) is 10.1. The number of halogens is 2. The summed E-state index contributed by atoms with van der Waals surface area (Å²) in [5.74, 6) is 0. The van der Waals surface area contributed by atoms with E-state index in [0.717, 1.165) is 11.4 Å². The number of pyridine rings is 2. The van der Waals surface area contributed by atoms with Gasteiger partial charge < -0.3 is 0 Å². The second-order valence-electron chi connectivity index (χ2n) is 3.67. The first-order valence-electron chi connectivity index (χ1n) is 5.15. The molecular weight excluding hydrogens is 265 g/mol. The molecule has 2 aromatic rings. The van der Waals surface area contributed by atoms with Gasteiger partial charge in [-0.25, -0.2) is 0 Å². The molecule has 0 saturated carbocycles. The number of aromatic nitrogens is 2. The van der Waals surface area contributed by atoms with Gasteiger partial charge in [0.15, 0.2) is 0 Å². The number of aryl methyl sites for hydroxylation is 2. The molecule has 0 saturated heterocycles. The van der Waals surface area contributed by atoms with Crippen molar-refractivity contribution in [1.82, 2.24) is 9.97 Å². The Morgan fingerprint density at radius 2 is 1.17 bits per heavy atom. The summed E-state index contributed by atoms with van der Waals surface area (Å²) in [5.41, 5.74) is 2.83. The van der Waals surface area contributed by atoms with Crippen LogP contribution >= 0.6 is 23.2 Å². The van der Waals surface area contributed by atoms with Crippen LogP contribution in [0.25, 0.3) is 0 Å². The highest BCUT2D eigenvalue weighted by Crippen LogP contribution is 2.08. The first-order valence-corrected chi connectivity index (χ1v) is 5.91. The summed E-state index contributed by atoms with van der Waals surface area (Å²) in [6, 6.07) is 3.37. The van der Waals surface area contributed by atoms with Gasteiger partial charge in [0.05, 0.1) is 21.4 Å². The Balaban J connectivity index is 0.000000180. The molecule has 88 valence electrons. The van der Waals surface area contributed by atoms with Crippen molar-refractivity contribution < 1.29 is 0 Å². The molecule has 0 unspecified atom stereocenters. The molecule has 0 fully saturated rings. The Bertz CT molecular complexity index is 498. The van der Waals surface area contributed by atoms with Gasteiger partial charge in [-0.2, -0.15) is 0 Å². The molecule has 2 nitrogen and oxygen atoms in total. The molecule has 0 amide bonds. The molecule has 18 heavy (non-hydrogen) atoms. The number of hydrogen-bond donors (Lipinski definition) is 0. The van der Waals surface area contributed by atoms with E-state index in [1.165, 1.54) is 0 Å². The van der Waals surface area contributed by atoms with Gasteiger partial charge >= 0.3 is 0 Å². The Kier molecular flexibility index (Phi) is 5.70. The summed E-state index contributed by atoms with van der Waals surface area (Å²) < 4.78 is 0. The second-order valence-corrected chi connectivity index (χ2v) is 4.49. The fraction of sp³-hybridized carbons (Fsp3) is 0.167. The zero-order valence-corrected chi connectivity index (χ0v) is 11.6. The number of nitrogens with zero attached hydrogens (tertiary/aromatic N) is 2. The predicted octanol–water partition coefficient (Wildman–Crippen LogP) is 1.67. The van der Waals surface area contributed by atoms with E-state index >= 15 is 0 Å². The molecule has 2 aromatic heterocycles. The quantitative estimate of drug-likeness (QED) is 0.683. The topological polar surface area (TPSA) is 25.8 Å². The third-order valence-electron chi connectivity index (χ3n) is 2.09. The van der Waals surface area contributed by atoms with Crippen molar-refractivity contribution in [3.05, 3.63) is 46.0 Å². The largest absolute Gasteiger partial charge is 0.261 e. The number of hydrogen-bond acceptors (Lipinski definition) is 2. The van der Waals surface area contributed by atoms with Crippen LogP contribution < -0.4 is 10.9 Å². The average molecular weight is 275 g/mol. The molecule has 0 bridgehead atoms. The Morgan fingerprint density at radius 1 is 0.833 bits per heavy atom. The van der Waals surface area contributed by atoms with E-state index in [1.54, 1.807) is 24.5 Å². The SMILES string of the molecule is [B]c1cnc(C)c(Cl)c1.[B]c1cnc(C)c(Cl)c1. The van der Waals surface area contributed by atoms with Crippen molar-refractivity contribution in [1.29, 1.82) is 0 Å². The third kappa shape index (κ3) is 4.71. The van der Waals surface area contributed by atoms with Crippen LogP contribution in [0.5, 0.6) is 0 Å². The third-order valence-corrected chi connectivity index (χ3v) is 2.86. The van der Waals surface area contributed by atoms with Crippen LogP contribution in [0.3, 0.4) is 0 Å². The van der Waals surface area contributed by atoms with Gasteiger partial charge in [-0.1, -0.05) is 34.1 Å². The molecule has 2 rings (SSSR count). The maximum Gasteiger partial charge on any atom is 0.116 e. The average Bonchev–Trinajstić information content (AvgIpc) is 2.30. The Morgan fingerprint density at radius 3 is 1.39 bits per heavy atom. The molecule has 0 spiro atoms. The van der Waals surface area contributed by atoms with E-state index in [1.807, 2.05) is 13.8 Å². The van der Waals surface area contributed by atoms with Gasteiger partial charge in [0.1, 0.15) is 15.7 Å². The van der Waals surface area contributed by atoms with Crippen molar-refractivity contribution >= 4 is 49.8 Å². The first kappa shape index (κ1) is 15.1. The van der Waals surface area contributed by atoms with Crippen molar-refractivity contribution in [3.8, 4) is 0 Å². The Labute approximate surface area is 120 Å². The van der Waals surface area contributed by atoms with Gasteiger partial charge in [0.2, 0.25) is 0 Å². The van der Waals surface area contributed by atoms with Gasteiger partial charge in [-0.15, -0.1) is 0 Å². The normalized spacial score (nSPS) is 9.56. The van der Waals surface area contributed by atoms with Crippen LogP contribution in [-0.4, -0.2) is 25.7 Å². The highest BCUT2D eigenvalue weighted by Gasteiger charge is 1.93. The molecule has 0 atom stereocenters. The van der Waals surface area contributed by atoms with E-state index in [2.05, 4.69) is 9.97 Å². The van der Waals surface area contributed by atoms with E-state index in [-0.39, 0.29) is 0 Å². The smallest absolute Gasteiger partial charge is 0.116 e. The lowest BCUT2D eigenvalue weighted by Crippen LogP contribution is -2.03. The van der Waals surface area contributed by atoms with Gasteiger partial charge in [-0.05, 0) is 26.0 Å². The van der Waals surface area contributed by atoms with Crippen LogP contribution in [0.15, 0.2) is 24.5 Å². The van der Waals surface area contributed by atoms with Gasteiger partial charge in [-0.3, -0.25) is 9.97 Å². The molecule has 0 aromatic carbocycles. The van der Waals surface area contributed by atoms with Crippen molar-refractivity contribution in [2.24, 2.45) is 0 Å². The van der Waals surface area contributed by atoms with Crippen LogP contribution in [-0.2, 0) is 0 Å². The lowest BCUT2D eigenvalue weighted by molar-refractivity contribution is 1.21. The summed E-state index contributed by atoms with van der Waals surface area (Å²) >= 11 is 11.3. The summed E-state index contributed by atoms with van der Waals surface area (Å²) in [6.45, 7) is 3.67. The molecule has 0 N–H and O–H groups in total. The van der Waals surface area contributed by atoms with E-state index in [0.29, 0.717) is 21.0 Å². The van der Waals surface area contributed by atoms with E-state index in [9.17, 15) is 0 Å². The maximum atomic E-state index is 5.67. The highest BCUT2D eigenvalue weighted by atomic mass is 35.5. The van der Waals surface area contributed by atoms with Crippen LogP contribution in [0, 0.1) is 13.8 Å². The summed E-state index contributed by atoms with van der Waals surface area (Å²) in [4.78, 5) is 7.84. The van der Waals surface area contributed by atoms with E-state index < -0.39 is 0 Å². The molecule has 6 heteroatoms. The Hall–Kier alpha value is -0.990. The van der Waals surface area contributed by atoms with Gasteiger partial charge in [0, 0.05) is 12.4 Å². The molecule has 2 heterocycles. The lowest BCUT2D eigenvalue weighted by Gasteiger charge is -1.95. The predicted molar refractivity (Wildman–Crippen MR) is 78.7 cm³/mol. The molecular formula is C12H10B2Cl2N2. The monoisotopic (exact) mass is 274 g/mol. The summed E-state index contributed by atoms with van der Waals surface area (Å²) in [6.07, 6.45) is 3.17. The highest BCUT2D eigenvalue weighted by molar-refractivity contribution is 6.36. The second kappa shape index (κ2) is 6.81. The van der Waals surface area contributed by atoms with Crippen molar-refractivity contribution in [2.45, 2.75) is 13.8 Å². The standard InChI is InChI=1S/2C6H5BClN/c2*1-4-6(8)2-5(7)3-9-4/h2*2-3H,1H3. The molecule has 0 aliphatic heterocycles. The van der Waals surface area contributed by atoms with E-state index in [4.69, 9.17) is 38.9 Å². The molecule has 4 radical (unpaired) electrons. The van der Waals surface area contributed by atoms with Crippen LogP contribution in [0.2, 0.25) is 10.0 Å². The first-order chi connectivity index (χ1) is 8.40. The fourth-order valence-electron chi connectivity index (χ4n) is 1.04. The minimum absolute atomic E-state index is 0.602. The minimum Gasteiger partial charge on any atom is -0.261 e. The number of rotatable bonds is 0. The maximum absolute atomic E-state index is 5.67.